The Morgan fingerprint density at radius 2 is 2.14 bits per heavy atom. The Morgan fingerprint density at radius 3 is 2.83 bits per heavy atom. The van der Waals surface area contributed by atoms with Crippen LogP contribution in [0.15, 0.2) is 18.2 Å². The van der Waals surface area contributed by atoms with Gasteiger partial charge in [0.1, 0.15) is 0 Å². The maximum atomic E-state index is 13.8. The number of nitro benzene ring substituents is 1. The van der Waals surface area contributed by atoms with E-state index >= 15 is 0 Å². The summed E-state index contributed by atoms with van der Waals surface area (Å²) in [6, 6.07) is 4.32. The van der Waals surface area contributed by atoms with Crippen LogP contribution in [0, 0.1) is 15.5 Å². The minimum atomic E-state index is -1.33. The van der Waals surface area contributed by atoms with E-state index in [1.54, 1.807) is 6.07 Å². The Labute approximate surface area is 174 Å². The van der Waals surface area contributed by atoms with Gasteiger partial charge in [0.15, 0.2) is 10.5 Å². The van der Waals surface area contributed by atoms with Gasteiger partial charge in [-0.25, -0.2) is 0 Å². The van der Waals surface area contributed by atoms with E-state index in [2.05, 4.69) is 10.2 Å². The van der Waals surface area contributed by atoms with Crippen molar-refractivity contribution >= 4 is 40.5 Å². The molecule has 3 aliphatic heterocycles. The fourth-order valence-electron chi connectivity index (χ4n) is 4.96. The number of piperidine rings is 1. The van der Waals surface area contributed by atoms with Crippen LogP contribution in [-0.2, 0) is 16.0 Å². The van der Waals surface area contributed by atoms with Crippen molar-refractivity contribution in [3.63, 3.8) is 0 Å². The van der Waals surface area contributed by atoms with E-state index in [-0.39, 0.29) is 41.1 Å². The summed E-state index contributed by atoms with van der Waals surface area (Å²) in [7, 11) is 0. The van der Waals surface area contributed by atoms with Gasteiger partial charge >= 0.3 is 0 Å². The number of carbonyl (C=O) groups is 2. The maximum Gasteiger partial charge on any atom is 0.269 e. The lowest BCUT2D eigenvalue weighted by Gasteiger charge is -2.54. The molecule has 3 atom stereocenters. The van der Waals surface area contributed by atoms with E-state index in [4.69, 9.17) is 12.2 Å². The first-order chi connectivity index (χ1) is 13.8. The van der Waals surface area contributed by atoms with Crippen molar-refractivity contribution < 1.29 is 14.5 Å². The topological polar surface area (TPSA) is 95.8 Å². The predicted octanol–water partition coefficient (Wildman–Crippen LogP) is 2.54. The number of fused-ring (bicyclic) bond motifs is 4. The predicted molar refractivity (Wildman–Crippen MR) is 112 cm³/mol. The molecular weight excluding hydrogens is 392 g/mol. The highest BCUT2D eigenvalue weighted by Gasteiger charge is 2.61. The molecule has 0 radical (unpaired) electrons. The van der Waals surface area contributed by atoms with E-state index in [1.165, 1.54) is 17.0 Å². The van der Waals surface area contributed by atoms with E-state index in [1.807, 2.05) is 13.8 Å². The fraction of sp³-hybridized carbons (Fsp3) is 0.550. The van der Waals surface area contributed by atoms with E-state index in [0.29, 0.717) is 18.5 Å². The second kappa shape index (κ2) is 7.05. The molecule has 8 nitrogen and oxygen atoms in total. The molecule has 0 unspecified atom stereocenters. The summed E-state index contributed by atoms with van der Waals surface area (Å²) in [5, 5.41) is 14.2. The SMILES string of the molecule is CC[C@H](C)N1C(=O)[C@]2(Cc3cc([N+](=O)[O-])ccc3N3CCCC[C@@H]32)C(=O)NC1=S. The fourth-order valence-corrected chi connectivity index (χ4v) is 5.32. The van der Waals surface area contributed by atoms with Crippen LogP contribution in [0.5, 0.6) is 0 Å². The zero-order valence-electron chi connectivity index (χ0n) is 16.5. The molecule has 0 saturated carbocycles. The average Bonchev–Trinajstić information content (AvgIpc) is 2.71. The first-order valence-electron chi connectivity index (χ1n) is 10.0. The summed E-state index contributed by atoms with van der Waals surface area (Å²) >= 11 is 5.33. The summed E-state index contributed by atoms with van der Waals surface area (Å²) in [6.07, 6.45) is 3.45. The van der Waals surface area contributed by atoms with Crippen molar-refractivity contribution in [1.82, 2.24) is 10.2 Å². The number of hydrogen-bond donors (Lipinski definition) is 1. The second-order valence-corrected chi connectivity index (χ2v) is 8.50. The molecule has 1 spiro atoms. The summed E-state index contributed by atoms with van der Waals surface area (Å²) in [6.45, 7) is 4.59. The van der Waals surface area contributed by atoms with Gasteiger partial charge in [-0.2, -0.15) is 0 Å². The van der Waals surface area contributed by atoms with Gasteiger partial charge in [-0.1, -0.05) is 6.92 Å². The monoisotopic (exact) mass is 416 g/mol. The summed E-state index contributed by atoms with van der Waals surface area (Å²) in [4.78, 5) is 41.7. The normalized spacial score (nSPS) is 27.4. The summed E-state index contributed by atoms with van der Waals surface area (Å²) in [5.41, 5.74) is 0.189. The first-order valence-corrected chi connectivity index (χ1v) is 10.4. The maximum absolute atomic E-state index is 13.8. The Balaban J connectivity index is 1.88. The number of thiocarbonyl (C=S) groups is 1. The summed E-state index contributed by atoms with van der Waals surface area (Å²) in [5.74, 6) is -0.671. The van der Waals surface area contributed by atoms with Gasteiger partial charge in [0.05, 0.1) is 11.0 Å². The Morgan fingerprint density at radius 1 is 1.38 bits per heavy atom. The number of non-ortho nitro benzene ring substituents is 1. The Bertz CT molecular complexity index is 920. The first kappa shape index (κ1) is 19.8. The third-order valence-corrected chi connectivity index (χ3v) is 6.90. The molecule has 2 saturated heterocycles. The number of nitrogens with one attached hydrogen (secondary N) is 1. The molecule has 1 N–H and O–H groups in total. The number of benzene rings is 1. The quantitative estimate of drug-likeness (QED) is 0.352. The van der Waals surface area contributed by atoms with Crippen molar-refractivity contribution in [2.24, 2.45) is 5.41 Å². The van der Waals surface area contributed by atoms with Crippen LogP contribution in [0.1, 0.15) is 45.1 Å². The largest absolute Gasteiger partial charge is 0.367 e. The van der Waals surface area contributed by atoms with Crippen LogP contribution < -0.4 is 10.2 Å². The van der Waals surface area contributed by atoms with Crippen molar-refractivity contribution in [2.45, 2.75) is 58.0 Å². The van der Waals surface area contributed by atoms with E-state index in [9.17, 15) is 19.7 Å². The molecule has 1 aromatic carbocycles. The van der Waals surface area contributed by atoms with Crippen molar-refractivity contribution in [1.29, 1.82) is 0 Å². The molecule has 29 heavy (non-hydrogen) atoms. The molecule has 3 aliphatic rings. The molecule has 2 amide bonds. The lowest BCUT2D eigenvalue weighted by atomic mass is 9.66. The standard InChI is InChI=1S/C20H24N4O4S/c1-3-12(2)23-18(26)20(17(25)21-19(23)29)11-13-10-14(24(27)28)7-8-15(13)22-9-5-4-6-16(20)22/h7-8,10,12,16H,3-6,9,11H2,1-2H3,(H,21,25,29)/t12-,16+,20-/m0/s1. The average molecular weight is 417 g/mol. The van der Waals surface area contributed by atoms with E-state index < -0.39 is 10.3 Å². The number of nitro groups is 1. The molecule has 9 heteroatoms. The minimum absolute atomic E-state index is 0.0349. The van der Waals surface area contributed by atoms with Crippen molar-refractivity contribution in [3.05, 3.63) is 33.9 Å². The Kier molecular flexibility index (Phi) is 4.80. The molecule has 0 aliphatic carbocycles. The van der Waals surface area contributed by atoms with Crippen LogP contribution in [0.4, 0.5) is 11.4 Å². The third kappa shape index (κ3) is 2.82. The molecule has 3 heterocycles. The molecule has 1 aromatic rings. The highest BCUT2D eigenvalue weighted by molar-refractivity contribution is 7.80. The third-order valence-electron chi connectivity index (χ3n) is 6.60. The van der Waals surface area contributed by atoms with Crippen LogP contribution >= 0.6 is 12.2 Å². The number of amides is 2. The van der Waals surface area contributed by atoms with Gasteiger partial charge in [-0.15, -0.1) is 0 Å². The zero-order chi connectivity index (χ0) is 20.9. The van der Waals surface area contributed by atoms with Gasteiger partial charge in [0.2, 0.25) is 11.8 Å². The number of anilines is 1. The number of rotatable bonds is 3. The smallest absolute Gasteiger partial charge is 0.269 e. The van der Waals surface area contributed by atoms with Crippen LogP contribution in [0.2, 0.25) is 0 Å². The van der Waals surface area contributed by atoms with E-state index in [0.717, 1.165) is 24.9 Å². The van der Waals surface area contributed by atoms with Crippen LogP contribution in [0.25, 0.3) is 0 Å². The molecule has 0 aromatic heterocycles. The van der Waals surface area contributed by atoms with Gasteiger partial charge in [0.25, 0.3) is 5.69 Å². The van der Waals surface area contributed by atoms with Crippen molar-refractivity contribution in [3.8, 4) is 0 Å². The Hall–Kier alpha value is -2.55. The molecule has 154 valence electrons. The van der Waals surface area contributed by atoms with Gasteiger partial charge in [-0.3, -0.25) is 24.6 Å². The van der Waals surface area contributed by atoms with Crippen molar-refractivity contribution in [2.75, 3.05) is 11.4 Å². The van der Waals surface area contributed by atoms with Crippen LogP contribution in [-0.4, -0.2) is 45.4 Å². The lowest BCUT2D eigenvalue weighted by molar-refractivity contribution is -0.384. The number of nitrogens with zero attached hydrogens (tertiary/aromatic N) is 3. The lowest BCUT2D eigenvalue weighted by Crippen LogP contribution is -2.73. The van der Waals surface area contributed by atoms with Gasteiger partial charge in [-0.05, 0) is 56.5 Å². The molecule has 2 fully saturated rings. The summed E-state index contributed by atoms with van der Waals surface area (Å²) < 4.78 is 0. The minimum Gasteiger partial charge on any atom is -0.367 e. The van der Waals surface area contributed by atoms with Gasteiger partial charge < -0.3 is 10.2 Å². The zero-order valence-corrected chi connectivity index (χ0v) is 17.3. The molecule has 4 rings (SSSR count). The number of carbonyl (C=O) groups excluding carboxylic acids is 2. The highest BCUT2D eigenvalue weighted by atomic mass is 32.1. The molecular formula is C20H24N4O4S. The highest BCUT2D eigenvalue weighted by Crippen LogP contribution is 2.48. The number of hydrogen-bond acceptors (Lipinski definition) is 6. The second-order valence-electron chi connectivity index (χ2n) is 8.11. The molecule has 0 bridgehead atoms. The van der Waals surface area contributed by atoms with Gasteiger partial charge in [0, 0.05) is 36.8 Å². The van der Waals surface area contributed by atoms with Crippen LogP contribution in [0.3, 0.4) is 0 Å².